The number of pyridine rings is 1. The van der Waals surface area contributed by atoms with Crippen molar-refractivity contribution >= 4 is 23.0 Å². The molecule has 1 aromatic heterocycles. The van der Waals surface area contributed by atoms with E-state index in [0.29, 0.717) is 12.2 Å². The highest BCUT2D eigenvalue weighted by Crippen LogP contribution is 2.32. The minimum absolute atomic E-state index is 0.0572. The zero-order valence-electron chi connectivity index (χ0n) is 12.2. The Morgan fingerprint density at radius 3 is 2.57 bits per heavy atom. The molecule has 0 saturated carbocycles. The van der Waals surface area contributed by atoms with Crippen LogP contribution in [0.4, 0.5) is 17.1 Å². The molecule has 2 heterocycles. The lowest BCUT2D eigenvalue weighted by Crippen LogP contribution is -2.42. The third-order valence-corrected chi connectivity index (χ3v) is 3.76. The van der Waals surface area contributed by atoms with Gasteiger partial charge in [-0.3, -0.25) is 4.79 Å². The smallest absolute Gasteiger partial charge is 0.276 e. The van der Waals surface area contributed by atoms with Gasteiger partial charge in [-0.15, -0.1) is 0 Å². The fourth-order valence-corrected chi connectivity index (χ4v) is 2.52. The van der Waals surface area contributed by atoms with Crippen molar-refractivity contribution in [2.45, 2.75) is 0 Å². The van der Waals surface area contributed by atoms with Crippen molar-refractivity contribution in [3.63, 3.8) is 0 Å². The average molecular weight is 282 g/mol. The summed E-state index contributed by atoms with van der Waals surface area (Å²) in [6.45, 7) is 1.49. The van der Waals surface area contributed by atoms with E-state index in [1.807, 2.05) is 44.4 Å². The van der Waals surface area contributed by atoms with Crippen LogP contribution in [0.25, 0.3) is 0 Å². The molecule has 0 aliphatic carbocycles. The summed E-state index contributed by atoms with van der Waals surface area (Å²) in [5.41, 5.74) is 3.37. The lowest BCUT2D eigenvalue weighted by Gasteiger charge is -2.35. The highest BCUT2D eigenvalue weighted by Gasteiger charge is 2.26. The van der Waals surface area contributed by atoms with Crippen molar-refractivity contribution in [2.75, 3.05) is 42.3 Å². The summed E-state index contributed by atoms with van der Waals surface area (Å²) in [7, 11) is 3.87. The predicted octanol–water partition coefficient (Wildman–Crippen LogP) is 2.22. The predicted molar refractivity (Wildman–Crippen MR) is 85.2 cm³/mol. The maximum Gasteiger partial charge on any atom is 0.276 e. The highest BCUT2D eigenvalue weighted by atomic mass is 16.2. The van der Waals surface area contributed by atoms with Gasteiger partial charge >= 0.3 is 0 Å². The van der Waals surface area contributed by atoms with Crippen molar-refractivity contribution in [1.82, 2.24) is 4.98 Å². The third kappa shape index (κ3) is 2.42. The minimum Gasteiger partial charge on any atom is -0.387 e. The minimum atomic E-state index is -0.0572. The highest BCUT2D eigenvalue weighted by molar-refractivity contribution is 6.07. The number of hydrogen-bond donors (Lipinski definition) is 1. The summed E-state index contributed by atoms with van der Waals surface area (Å²) in [6, 6.07) is 11.6. The number of hydrogen-bond acceptors (Lipinski definition) is 4. The Morgan fingerprint density at radius 2 is 1.90 bits per heavy atom. The topological polar surface area (TPSA) is 48.5 Å². The number of aromatic nitrogens is 1. The molecule has 0 spiro atoms. The van der Waals surface area contributed by atoms with Gasteiger partial charge in [-0.05, 0) is 24.3 Å². The Hall–Kier alpha value is -2.56. The largest absolute Gasteiger partial charge is 0.387 e. The molecule has 21 heavy (non-hydrogen) atoms. The molecule has 0 atom stereocenters. The quantitative estimate of drug-likeness (QED) is 0.917. The number of likely N-dealkylation sites (N-methyl/N-ethyl adjacent to an activating group) is 1. The van der Waals surface area contributed by atoms with E-state index in [9.17, 15) is 4.79 Å². The Labute approximate surface area is 124 Å². The van der Waals surface area contributed by atoms with Crippen LogP contribution in [0, 0.1) is 0 Å². The lowest BCUT2D eigenvalue weighted by atomic mass is 10.1. The van der Waals surface area contributed by atoms with E-state index in [-0.39, 0.29) is 5.91 Å². The van der Waals surface area contributed by atoms with E-state index in [0.717, 1.165) is 23.6 Å². The number of anilines is 3. The second-order valence-corrected chi connectivity index (χ2v) is 5.05. The Morgan fingerprint density at radius 1 is 1.14 bits per heavy atom. The van der Waals surface area contributed by atoms with Gasteiger partial charge in [0.15, 0.2) is 0 Å². The summed E-state index contributed by atoms with van der Waals surface area (Å²) in [4.78, 5) is 20.9. The number of fused-ring (bicyclic) bond motifs is 1. The summed E-state index contributed by atoms with van der Waals surface area (Å²) >= 11 is 0. The van der Waals surface area contributed by atoms with E-state index in [4.69, 9.17) is 0 Å². The third-order valence-electron chi connectivity index (χ3n) is 3.76. The molecule has 0 bridgehead atoms. The van der Waals surface area contributed by atoms with Crippen molar-refractivity contribution in [1.29, 1.82) is 0 Å². The fourth-order valence-electron chi connectivity index (χ4n) is 2.52. The summed E-state index contributed by atoms with van der Waals surface area (Å²) in [5, 5.41) is 3.00. The van der Waals surface area contributed by atoms with Crippen LogP contribution >= 0.6 is 0 Å². The van der Waals surface area contributed by atoms with Crippen LogP contribution in [0.5, 0.6) is 0 Å². The number of carbonyl (C=O) groups is 1. The van der Waals surface area contributed by atoms with Gasteiger partial charge in [0, 0.05) is 27.2 Å². The number of rotatable bonds is 2. The molecule has 0 unspecified atom stereocenters. The van der Waals surface area contributed by atoms with Gasteiger partial charge in [0.1, 0.15) is 5.69 Å². The van der Waals surface area contributed by atoms with E-state index in [2.05, 4.69) is 15.2 Å². The fraction of sp³-hybridized carbons (Fsp3) is 0.250. The second kappa shape index (κ2) is 5.44. The number of para-hydroxylation sites is 2. The maximum absolute atomic E-state index is 12.7. The standard InChI is InChI=1S/C16H18N4O/c1-17-12-7-8-13(18-11-12)16(21)20-10-9-19(2)14-5-3-4-6-15(14)20/h3-8,11,17H,9-10H2,1-2H3. The van der Waals surface area contributed by atoms with Gasteiger partial charge in [-0.25, -0.2) is 4.98 Å². The molecule has 1 N–H and O–H groups in total. The average Bonchev–Trinajstić information content (AvgIpc) is 2.55. The first-order chi connectivity index (χ1) is 10.2. The van der Waals surface area contributed by atoms with Crippen LogP contribution in [-0.2, 0) is 0 Å². The normalized spacial score (nSPS) is 13.8. The van der Waals surface area contributed by atoms with Crippen LogP contribution in [0.3, 0.4) is 0 Å². The number of nitrogens with one attached hydrogen (secondary N) is 1. The molecule has 2 aromatic rings. The summed E-state index contributed by atoms with van der Waals surface area (Å²) < 4.78 is 0. The zero-order valence-corrected chi connectivity index (χ0v) is 12.2. The van der Waals surface area contributed by atoms with Crippen molar-refractivity contribution in [3.8, 4) is 0 Å². The molecule has 0 saturated heterocycles. The molecule has 1 aliphatic rings. The molecule has 108 valence electrons. The SMILES string of the molecule is CNc1ccc(C(=O)N2CCN(C)c3ccccc32)nc1. The zero-order chi connectivity index (χ0) is 14.8. The molecule has 1 aromatic carbocycles. The maximum atomic E-state index is 12.7. The molecule has 5 nitrogen and oxygen atoms in total. The van der Waals surface area contributed by atoms with Gasteiger partial charge in [-0.1, -0.05) is 12.1 Å². The van der Waals surface area contributed by atoms with Gasteiger partial charge in [0.05, 0.1) is 23.3 Å². The second-order valence-electron chi connectivity index (χ2n) is 5.05. The number of carbonyl (C=O) groups excluding carboxylic acids is 1. The number of nitrogens with zero attached hydrogens (tertiary/aromatic N) is 3. The molecule has 5 heteroatoms. The molecular formula is C16H18N4O. The van der Waals surface area contributed by atoms with Crippen LogP contribution in [0.1, 0.15) is 10.5 Å². The van der Waals surface area contributed by atoms with E-state index >= 15 is 0 Å². The molecule has 3 rings (SSSR count). The van der Waals surface area contributed by atoms with E-state index in [1.165, 1.54) is 0 Å². The molecule has 1 amide bonds. The van der Waals surface area contributed by atoms with Crippen molar-refractivity contribution < 1.29 is 4.79 Å². The van der Waals surface area contributed by atoms with Crippen molar-refractivity contribution in [3.05, 3.63) is 48.3 Å². The Bertz CT molecular complexity index is 654. The first-order valence-corrected chi connectivity index (χ1v) is 6.96. The lowest BCUT2D eigenvalue weighted by molar-refractivity contribution is 0.0982. The summed E-state index contributed by atoms with van der Waals surface area (Å²) in [6.07, 6.45) is 1.68. The molecule has 0 fully saturated rings. The number of amides is 1. The van der Waals surface area contributed by atoms with E-state index in [1.54, 1.807) is 17.2 Å². The van der Waals surface area contributed by atoms with Crippen LogP contribution in [0.2, 0.25) is 0 Å². The molecule has 1 aliphatic heterocycles. The monoisotopic (exact) mass is 282 g/mol. The van der Waals surface area contributed by atoms with E-state index < -0.39 is 0 Å². The Balaban J connectivity index is 1.93. The molecular weight excluding hydrogens is 264 g/mol. The van der Waals surface area contributed by atoms with Crippen LogP contribution in [-0.4, -0.2) is 38.1 Å². The van der Waals surface area contributed by atoms with Gasteiger partial charge in [0.2, 0.25) is 0 Å². The Kier molecular flexibility index (Phi) is 3.48. The van der Waals surface area contributed by atoms with Gasteiger partial charge in [-0.2, -0.15) is 0 Å². The molecule has 0 radical (unpaired) electrons. The van der Waals surface area contributed by atoms with Crippen LogP contribution < -0.4 is 15.1 Å². The van der Waals surface area contributed by atoms with Gasteiger partial charge < -0.3 is 15.1 Å². The first-order valence-electron chi connectivity index (χ1n) is 6.96. The number of benzene rings is 1. The first kappa shape index (κ1) is 13.4. The van der Waals surface area contributed by atoms with Crippen molar-refractivity contribution in [2.24, 2.45) is 0 Å². The van der Waals surface area contributed by atoms with Crippen LogP contribution in [0.15, 0.2) is 42.6 Å². The van der Waals surface area contributed by atoms with Gasteiger partial charge in [0.25, 0.3) is 5.91 Å². The summed E-state index contributed by atoms with van der Waals surface area (Å²) in [5.74, 6) is -0.0572.